The molecule has 3 heterocycles. The summed E-state index contributed by atoms with van der Waals surface area (Å²) in [6.07, 6.45) is 8.14. The van der Waals surface area contributed by atoms with Crippen molar-refractivity contribution in [3.63, 3.8) is 0 Å². The van der Waals surface area contributed by atoms with Crippen LogP contribution in [-0.2, 0) is 17.6 Å². The zero-order valence-corrected chi connectivity index (χ0v) is 16.5. The van der Waals surface area contributed by atoms with E-state index in [0.717, 1.165) is 45.6 Å². The molecular weight excluding hydrogens is 338 g/mol. The minimum Gasteiger partial charge on any atom is -0.441 e. The summed E-state index contributed by atoms with van der Waals surface area (Å²) in [6.45, 7) is 5.19. The molecule has 0 saturated carbocycles. The van der Waals surface area contributed by atoms with Gasteiger partial charge in [-0.1, -0.05) is 6.07 Å². The van der Waals surface area contributed by atoms with Crippen LogP contribution in [0.15, 0.2) is 18.2 Å². The number of likely N-dealkylation sites (N-methyl/N-ethyl adjacent to an activating group) is 1. The fourth-order valence-corrected chi connectivity index (χ4v) is 5.59. The van der Waals surface area contributed by atoms with Crippen molar-refractivity contribution < 1.29 is 9.53 Å². The SMILES string of the molecule is CN1CC2(CCN(C3CCN(c4ccc5c(c4)CCC5)CC3)CC2)OC1=O. The molecule has 5 heteroatoms. The predicted molar refractivity (Wildman–Crippen MR) is 106 cm³/mol. The van der Waals surface area contributed by atoms with E-state index in [1.807, 2.05) is 7.05 Å². The average molecular weight is 370 g/mol. The van der Waals surface area contributed by atoms with Crippen LogP contribution >= 0.6 is 0 Å². The molecular formula is C22H31N3O2. The lowest BCUT2D eigenvalue weighted by Gasteiger charge is -2.44. The summed E-state index contributed by atoms with van der Waals surface area (Å²) in [7, 11) is 1.85. The lowest BCUT2D eigenvalue weighted by atomic mass is 9.89. The summed E-state index contributed by atoms with van der Waals surface area (Å²) in [4.78, 5) is 18.7. The van der Waals surface area contributed by atoms with Crippen LogP contribution in [-0.4, -0.2) is 67.3 Å². The molecule has 1 aliphatic carbocycles. The van der Waals surface area contributed by atoms with Gasteiger partial charge in [0.2, 0.25) is 0 Å². The zero-order chi connectivity index (χ0) is 18.4. The highest BCUT2D eigenvalue weighted by molar-refractivity contribution is 5.70. The maximum absolute atomic E-state index is 11.8. The normalized spacial score (nSPS) is 25.9. The van der Waals surface area contributed by atoms with Gasteiger partial charge in [0, 0.05) is 57.8 Å². The lowest BCUT2D eigenvalue weighted by Crippen LogP contribution is -2.52. The summed E-state index contributed by atoms with van der Waals surface area (Å²) >= 11 is 0. The van der Waals surface area contributed by atoms with Gasteiger partial charge in [0.05, 0.1) is 6.54 Å². The number of likely N-dealkylation sites (tertiary alicyclic amines) is 1. The monoisotopic (exact) mass is 369 g/mol. The number of fused-ring (bicyclic) bond motifs is 1. The van der Waals surface area contributed by atoms with Gasteiger partial charge in [-0.2, -0.15) is 0 Å². The summed E-state index contributed by atoms with van der Waals surface area (Å²) < 4.78 is 5.70. The van der Waals surface area contributed by atoms with E-state index in [-0.39, 0.29) is 11.7 Å². The van der Waals surface area contributed by atoms with Crippen molar-refractivity contribution in [1.29, 1.82) is 0 Å². The third kappa shape index (κ3) is 3.20. The van der Waals surface area contributed by atoms with Crippen molar-refractivity contribution in [2.45, 2.75) is 56.6 Å². The van der Waals surface area contributed by atoms with Gasteiger partial charge in [-0.3, -0.25) is 4.90 Å². The molecule has 146 valence electrons. The molecule has 3 saturated heterocycles. The predicted octanol–water partition coefficient (Wildman–Crippen LogP) is 3.06. The minimum atomic E-state index is -0.215. The Balaban J connectivity index is 1.15. The van der Waals surface area contributed by atoms with Crippen molar-refractivity contribution in [2.24, 2.45) is 0 Å². The van der Waals surface area contributed by atoms with E-state index in [1.165, 1.54) is 37.8 Å². The Morgan fingerprint density at radius 1 is 1.04 bits per heavy atom. The Hall–Kier alpha value is -1.75. The third-order valence-corrected chi connectivity index (χ3v) is 7.28. The van der Waals surface area contributed by atoms with Gasteiger partial charge >= 0.3 is 6.09 Å². The molecule has 5 rings (SSSR count). The standard InChI is InChI=1S/C22H31N3O2/c1-23-16-22(27-21(23)26)9-13-25(14-10-22)19-7-11-24(12-8-19)20-6-5-17-3-2-4-18(17)15-20/h5-6,15,19H,2-4,7-14,16H2,1H3. The van der Waals surface area contributed by atoms with Crippen molar-refractivity contribution >= 4 is 11.8 Å². The van der Waals surface area contributed by atoms with E-state index in [1.54, 1.807) is 16.0 Å². The second-order valence-electron chi connectivity index (χ2n) is 8.97. The number of ether oxygens (including phenoxy) is 1. The number of hydrogen-bond acceptors (Lipinski definition) is 4. The number of hydrogen-bond donors (Lipinski definition) is 0. The lowest BCUT2D eigenvalue weighted by molar-refractivity contribution is -0.0128. The summed E-state index contributed by atoms with van der Waals surface area (Å²) in [6, 6.07) is 7.81. The highest BCUT2D eigenvalue weighted by Crippen LogP contribution is 2.35. The molecule has 27 heavy (non-hydrogen) atoms. The number of carbonyl (C=O) groups is 1. The fraction of sp³-hybridized carbons (Fsp3) is 0.682. The first-order chi connectivity index (χ1) is 13.1. The number of rotatable bonds is 2. The quantitative estimate of drug-likeness (QED) is 0.803. The fourth-order valence-electron chi connectivity index (χ4n) is 5.59. The van der Waals surface area contributed by atoms with Crippen LogP contribution in [0.3, 0.4) is 0 Å². The van der Waals surface area contributed by atoms with Gasteiger partial charge in [0.1, 0.15) is 5.60 Å². The summed E-state index contributed by atoms with van der Waals surface area (Å²) in [5.74, 6) is 0. The number of benzene rings is 1. The number of aryl methyl sites for hydroxylation is 2. The number of anilines is 1. The second kappa shape index (κ2) is 6.69. The number of carbonyl (C=O) groups excluding carboxylic acids is 1. The maximum Gasteiger partial charge on any atom is 0.410 e. The second-order valence-corrected chi connectivity index (χ2v) is 8.97. The van der Waals surface area contributed by atoms with E-state index in [4.69, 9.17) is 4.74 Å². The highest BCUT2D eigenvalue weighted by Gasteiger charge is 2.46. The topological polar surface area (TPSA) is 36.0 Å². The van der Waals surface area contributed by atoms with Gasteiger partial charge in [0.15, 0.2) is 0 Å². The first-order valence-electron chi connectivity index (χ1n) is 10.7. The van der Waals surface area contributed by atoms with Gasteiger partial charge in [-0.15, -0.1) is 0 Å². The van der Waals surface area contributed by atoms with Gasteiger partial charge < -0.3 is 14.5 Å². The molecule has 4 aliphatic rings. The highest BCUT2D eigenvalue weighted by atomic mass is 16.6. The number of piperidine rings is 2. The molecule has 0 N–H and O–H groups in total. The van der Waals surface area contributed by atoms with Crippen molar-refractivity contribution in [2.75, 3.05) is 44.7 Å². The van der Waals surface area contributed by atoms with E-state index in [9.17, 15) is 4.79 Å². The van der Waals surface area contributed by atoms with Crippen LogP contribution < -0.4 is 4.90 Å². The molecule has 3 fully saturated rings. The molecule has 1 aromatic rings. The van der Waals surface area contributed by atoms with Crippen LogP contribution in [0, 0.1) is 0 Å². The number of amides is 1. The molecule has 3 aliphatic heterocycles. The molecule has 0 aromatic heterocycles. The van der Waals surface area contributed by atoms with Crippen LogP contribution in [0.25, 0.3) is 0 Å². The minimum absolute atomic E-state index is 0.147. The Labute approximate surface area is 162 Å². The van der Waals surface area contributed by atoms with Gasteiger partial charge in [0.25, 0.3) is 0 Å². The average Bonchev–Trinajstić information content (AvgIpc) is 3.26. The molecule has 1 spiro atoms. The molecule has 1 amide bonds. The smallest absolute Gasteiger partial charge is 0.410 e. The van der Waals surface area contributed by atoms with E-state index in [2.05, 4.69) is 28.0 Å². The molecule has 5 nitrogen and oxygen atoms in total. The third-order valence-electron chi connectivity index (χ3n) is 7.28. The molecule has 0 radical (unpaired) electrons. The summed E-state index contributed by atoms with van der Waals surface area (Å²) in [5.41, 5.74) is 4.35. The first kappa shape index (κ1) is 17.4. The first-order valence-corrected chi connectivity index (χ1v) is 10.7. The molecule has 0 atom stereocenters. The van der Waals surface area contributed by atoms with E-state index < -0.39 is 0 Å². The Morgan fingerprint density at radius 2 is 1.78 bits per heavy atom. The molecule has 0 unspecified atom stereocenters. The van der Waals surface area contributed by atoms with Crippen LogP contribution in [0.2, 0.25) is 0 Å². The Morgan fingerprint density at radius 3 is 2.48 bits per heavy atom. The van der Waals surface area contributed by atoms with Gasteiger partial charge in [-0.05, 0) is 55.4 Å². The van der Waals surface area contributed by atoms with Crippen LogP contribution in [0.1, 0.15) is 43.2 Å². The van der Waals surface area contributed by atoms with Crippen LogP contribution in [0.4, 0.5) is 10.5 Å². The zero-order valence-electron chi connectivity index (χ0n) is 16.5. The molecule has 0 bridgehead atoms. The van der Waals surface area contributed by atoms with Gasteiger partial charge in [-0.25, -0.2) is 4.79 Å². The van der Waals surface area contributed by atoms with Crippen molar-refractivity contribution in [3.05, 3.63) is 29.3 Å². The molecule has 1 aromatic carbocycles. The maximum atomic E-state index is 11.8. The number of nitrogens with zero attached hydrogens (tertiary/aromatic N) is 3. The van der Waals surface area contributed by atoms with Crippen molar-refractivity contribution in [3.8, 4) is 0 Å². The van der Waals surface area contributed by atoms with Crippen molar-refractivity contribution in [1.82, 2.24) is 9.80 Å². The van der Waals surface area contributed by atoms with E-state index in [0.29, 0.717) is 6.04 Å². The Kier molecular flexibility index (Phi) is 4.30. The van der Waals surface area contributed by atoms with E-state index >= 15 is 0 Å². The van der Waals surface area contributed by atoms with Crippen LogP contribution in [0.5, 0.6) is 0 Å². The summed E-state index contributed by atoms with van der Waals surface area (Å²) in [5, 5.41) is 0. The Bertz CT molecular complexity index is 718. The largest absolute Gasteiger partial charge is 0.441 e.